The number of fused-ring (bicyclic) bond motifs is 9. The van der Waals surface area contributed by atoms with Gasteiger partial charge < -0.3 is 14.0 Å². The molecule has 0 aliphatic carbocycles. The molecule has 0 saturated heterocycles. The van der Waals surface area contributed by atoms with Crippen molar-refractivity contribution in [3.8, 4) is 16.8 Å². The monoisotopic (exact) mass is 499 g/mol. The van der Waals surface area contributed by atoms with E-state index in [0.29, 0.717) is 0 Å². The Morgan fingerprint density at radius 1 is 0.538 bits per heavy atom. The lowest BCUT2D eigenvalue weighted by atomic mass is 10.0. The molecule has 4 nitrogen and oxygen atoms in total. The van der Waals surface area contributed by atoms with E-state index in [0.717, 1.165) is 33.1 Å². The number of benzene rings is 5. The Morgan fingerprint density at radius 3 is 2.23 bits per heavy atom. The number of hydrogen-bond donors (Lipinski definition) is 1. The van der Waals surface area contributed by atoms with E-state index in [9.17, 15) is 0 Å². The Balaban J connectivity index is 1.28. The molecule has 9 aromatic rings. The van der Waals surface area contributed by atoms with Gasteiger partial charge in [-0.1, -0.05) is 48.5 Å². The Hall–Kier alpha value is -5.35. The van der Waals surface area contributed by atoms with Crippen LogP contribution in [0.25, 0.3) is 82.4 Å². The summed E-state index contributed by atoms with van der Waals surface area (Å²) in [6.07, 6.45) is 3.65. The maximum absolute atomic E-state index is 6.06. The molecule has 0 radical (unpaired) electrons. The van der Waals surface area contributed by atoms with Crippen molar-refractivity contribution in [2.45, 2.75) is 0 Å². The van der Waals surface area contributed by atoms with E-state index >= 15 is 0 Å². The van der Waals surface area contributed by atoms with Crippen molar-refractivity contribution >= 4 is 65.6 Å². The van der Waals surface area contributed by atoms with Gasteiger partial charge in [0.15, 0.2) is 0 Å². The lowest BCUT2D eigenvalue weighted by Gasteiger charge is -2.09. The highest BCUT2D eigenvalue weighted by Crippen LogP contribution is 2.38. The van der Waals surface area contributed by atoms with Crippen molar-refractivity contribution in [3.05, 3.63) is 122 Å². The van der Waals surface area contributed by atoms with Gasteiger partial charge in [-0.3, -0.25) is 4.98 Å². The van der Waals surface area contributed by atoms with Gasteiger partial charge in [0.25, 0.3) is 0 Å². The molecule has 1 N–H and O–H groups in total. The highest BCUT2D eigenvalue weighted by Gasteiger charge is 2.15. The standard InChI is InChI=1S/C35H21N3O/c1-3-7-30-24(5-1)26-17-21(9-12-31(26)37-30)22-10-13-33-27(18-22)25-6-2-4-8-32(25)38(33)23-11-14-34-28(19-23)29-20-36-16-15-35(29)39-34/h1-20,37H. The quantitative estimate of drug-likeness (QED) is 0.257. The van der Waals surface area contributed by atoms with Crippen LogP contribution in [-0.4, -0.2) is 14.5 Å². The lowest BCUT2D eigenvalue weighted by Crippen LogP contribution is -1.93. The fourth-order valence-corrected chi connectivity index (χ4v) is 6.21. The number of nitrogens with one attached hydrogen (secondary N) is 1. The molecular weight excluding hydrogens is 478 g/mol. The SMILES string of the molecule is c1ccc2c(c1)[nH]c1ccc(-c3ccc4c(c3)c3ccccc3n4-c3ccc4oc5ccncc5c4c3)cc12. The largest absolute Gasteiger partial charge is 0.456 e. The van der Waals surface area contributed by atoms with Crippen LogP contribution in [0.15, 0.2) is 126 Å². The van der Waals surface area contributed by atoms with Crippen molar-refractivity contribution in [1.82, 2.24) is 14.5 Å². The van der Waals surface area contributed by atoms with Gasteiger partial charge in [-0.25, -0.2) is 0 Å². The minimum absolute atomic E-state index is 0.858. The number of para-hydroxylation sites is 2. The van der Waals surface area contributed by atoms with E-state index in [1.165, 1.54) is 49.2 Å². The topological polar surface area (TPSA) is 46.8 Å². The Kier molecular flexibility index (Phi) is 4.02. The van der Waals surface area contributed by atoms with E-state index < -0.39 is 0 Å². The molecule has 5 aromatic carbocycles. The van der Waals surface area contributed by atoms with Crippen molar-refractivity contribution in [2.24, 2.45) is 0 Å². The van der Waals surface area contributed by atoms with E-state index in [1.807, 2.05) is 12.3 Å². The van der Waals surface area contributed by atoms with E-state index in [2.05, 4.69) is 118 Å². The summed E-state index contributed by atoms with van der Waals surface area (Å²) >= 11 is 0. The third kappa shape index (κ3) is 2.91. The predicted molar refractivity (Wildman–Crippen MR) is 161 cm³/mol. The minimum Gasteiger partial charge on any atom is -0.456 e. The number of furan rings is 1. The molecule has 0 spiro atoms. The molecule has 4 heteroatoms. The molecule has 39 heavy (non-hydrogen) atoms. The fraction of sp³-hybridized carbons (Fsp3) is 0. The second kappa shape index (κ2) is 7.59. The van der Waals surface area contributed by atoms with Crippen LogP contribution in [0.5, 0.6) is 0 Å². The second-order valence-corrected chi connectivity index (χ2v) is 10.2. The summed E-state index contributed by atoms with van der Waals surface area (Å²) in [6.45, 7) is 0. The van der Waals surface area contributed by atoms with Gasteiger partial charge in [-0.05, 0) is 71.8 Å². The van der Waals surface area contributed by atoms with Crippen molar-refractivity contribution in [1.29, 1.82) is 0 Å². The first-order valence-corrected chi connectivity index (χ1v) is 13.1. The second-order valence-electron chi connectivity index (χ2n) is 10.2. The fourth-order valence-electron chi connectivity index (χ4n) is 6.21. The molecule has 4 aromatic heterocycles. The lowest BCUT2D eigenvalue weighted by molar-refractivity contribution is 0.668. The van der Waals surface area contributed by atoms with Crippen LogP contribution in [-0.2, 0) is 0 Å². The maximum Gasteiger partial charge on any atom is 0.138 e. The summed E-state index contributed by atoms with van der Waals surface area (Å²) in [5.74, 6) is 0. The Labute approximate surface area is 222 Å². The van der Waals surface area contributed by atoms with Crippen LogP contribution in [0.4, 0.5) is 0 Å². The summed E-state index contributed by atoms with van der Waals surface area (Å²) in [6, 6.07) is 39.0. The van der Waals surface area contributed by atoms with Gasteiger partial charge in [0.2, 0.25) is 0 Å². The van der Waals surface area contributed by atoms with Crippen molar-refractivity contribution < 1.29 is 4.42 Å². The van der Waals surface area contributed by atoms with Gasteiger partial charge in [0.1, 0.15) is 11.2 Å². The summed E-state index contributed by atoms with van der Waals surface area (Å²) < 4.78 is 8.42. The van der Waals surface area contributed by atoms with Crippen LogP contribution in [0, 0.1) is 0 Å². The summed E-state index contributed by atoms with van der Waals surface area (Å²) in [4.78, 5) is 7.87. The number of aromatic nitrogens is 3. The number of H-pyrrole nitrogens is 1. The molecule has 0 aliphatic rings. The third-order valence-corrected chi connectivity index (χ3v) is 8.02. The number of hydrogen-bond acceptors (Lipinski definition) is 2. The highest BCUT2D eigenvalue weighted by molar-refractivity contribution is 6.12. The van der Waals surface area contributed by atoms with E-state index in [1.54, 1.807) is 6.20 Å². The first-order valence-electron chi connectivity index (χ1n) is 13.1. The predicted octanol–water partition coefficient (Wildman–Crippen LogP) is 9.38. The molecule has 0 saturated carbocycles. The summed E-state index contributed by atoms with van der Waals surface area (Å²) in [7, 11) is 0. The zero-order valence-corrected chi connectivity index (χ0v) is 20.8. The first kappa shape index (κ1) is 20.7. The van der Waals surface area contributed by atoms with E-state index in [-0.39, 0.29) is 0 Å². The Morgan fingerprint density at radius 2 is 1.28 bits per heavy atom. The Bertz CT molecular complexity index is 2400. The number of pyridine rings is 1. The molecule has 0 atom stereocenters. The minimum atomic E-state index is 0.858. The third-order valence-electron chi connectivity index (χ3n) is 8.02. The number of aromatic amines is 1. The number of rotatable bonds is 2. The van der Waals surface area contributed by atoms with Crippen LogP contribution < -0.4 is 0 Å². The van der Waals surface area contributed by atoms with Gasteiger partial charge in [-0.2, -0.15) is 0 Å². The average molecular weight is 500 g/mol. The maximum atomic E-state index is 6.06. The van der Waals surface area contributed by atoms with Gasteiger partial charge in [0.05, 0.1) is 11.0 Å². The van der Waals surface area contributed by atoms with Gasteiger partial charge >= 0.3 is 0 Å². The van der Waals surface area contributed by atoms with E-state index in [4.69, 9.17) is 4.42 Å². The van der Waals surface area contributed by atoms with Gasteiger partial charge in [0, 0.05) is 61.4 Å². The summed E-state index contributed by atoms with van der Waals surface area (Å²) in [5, 5.41) is 7.09. The smallest absolute Gasteiger partial charge is 0.138 e. The van der Waals surface area contributed by atoms with Crippen molar-refractivity contribution in [2.75, 3.05) is 0 Å². The zero-order chi connectivity index (χ0) is 25.5. The highest BCUT2D eigenvalue weighted by atomic mass is 16.3. The average Bonchev–Trinajstić information content (AvgIpc) is 3.65. The van der Waals surface area contributed by atoms with Crippen LogP contribution >= 0.6 is 0 Å². The molecule has 0 aliphatic heterocycles. The van der Waals surface area contributed by atoms with Crippen molar-refractivity contribution in [3.63, 3.8) is 0 Å². The normalized spacial score (nSPS) is 12.1. The molecule has 4 heterocycles. The molecular formula is C35H21N3O. The molecule has 0 amide bonds. The molecule has 0 unspecified atom stereocenters. The van der Waals surface area contributed by atoms with Crippen LogP contribution in [0.1, 0.15) is 0 Å². The zero-order valence-electron chi connectivity index (χ0n) is 20.8. The van der Waals surface area contributed by atoms with Crippen LogP contribution in [0.2, 0.25) is 0 Å². The van der Waals surface area contributed by atoms with Gasteiger partial charge in [-0.15, -0.1) is 0 Å². The molecule has 0 fully saturated rings. The molecule has 0 bridgehead atoms. The molecule has 182 valence electrons. The molecule has 9 rings (SSSR count). The number of nitrogens with zero attached hydrogens (tertiary/aromatic N) is 2. The van der Waals surface area contributed by atoms with Crippen LogP contribution in [0.3, 0.4) is 0 Å². The summed E-state index contributed by atoms with van der Waals surface area (Å²) in [5.41, 5.74) is 9.95. The first-order chi connectivity index (χ1) is 19.3.